The van der Waals surface area contributed by atoms with E-state index < -0.39 is 0 Å². The maximum Gasteiger partial charge on any atom is 0.319 e. The van der Waals surface area contributed by atoms with Crippen LogP contribution in [0.15, 0.2) is 0 Å². The quantitative estimate of drug-likeness (QED) is 0.471. The Hall–Kier alpha value is -0.940. The van der Waals surface area contributed by atoms with Gasteiger partial charge in [-0.1, -0.05) is 13.8 Å². The molecule has 1 N–H and O–H groups in total. The molecule has 0 atom stereocenters. The molecule has 0 aliphatic heterocycles. The van der Waals surface area contributed by atoms with E-state index in [-0.39, 0.29) is 18.3 Å². The first-order chi connectivity index (χ1) is 7.95. The van der Waals surface area contributed by atoms with E-state index in [1.165, 1.54) is 14.0 Å². The van der Waals surface area contributed by atoms with Gasteiger partial charge in [0.25, 0.3) is 0 Å². The molecule has 0 saturated heterocycles. The summed E-state index contributed by atoms with van der Waals surface area (Å²) in [6.45, 7) is 7.77. The number of esters is 1. The van der Waals surface area contributed by atoms with Crippen molar-refractivity contribution >= 4 is 11.8 Å². The van der Waals surface area contributed by atoms with Gasteiger partial charge in [-0.3, -0.25) is 14.5 Å². The molecule has 0 aromatic rings. The van der Waals surface area contributed by atoms with E-state index in [4.69, 9.17) is 0 Å². The average Bonchev–Trinajstić information content (AvgIpc) is 2.22. The molecule has 100 valence electrons. The second kappa shape index (κ2) is 9.13. The Morgan fingerprint density at radius 2 is 1.94 bits per heavy atom. The van der Waals surface area contributed by atoms with Gasteiger partial charge in [-0.2, -0.15) is 0 Å². The molecule has 0 aliphatic rings. The molecule has 0 heterocycles. The molecule has 17 heavy (non-hydrogen) atoms. The summed E-state index contributed by atoms with van der Waals surface area (Å²) in [5.41, 5.74) is 0. The highest BCUT2D eigenvalue weighted by Gasteiger charge is 2.12. The van der Waals surface area contributed by atoms with Gasteiger partial charge in [-0.25, -0.2) is 0 Å². The van der Waals surface area contributed by atoms with Crippen LogP contribution in [-0.4, -0.2) is 56.0 Å². The van der Waals surface area contributed by atoms with Crippen LogP contribution in [-0.2, 0) is 14.3 Å². The molecule has 0 radical (unpaired) electrons. The number of nitrogens with zero attached hydrogens (tertiary/aromatic N) is 1. The fraction of sp³-hybridized carbons (Fsp3) is 0.833. The van der Waals surface area contributed by atoms with E-state index >= 15 is 0 Å². The van der Waals surface area contributed by atoms with Crippen LogP contribution >= 0.6 is 0 Å². The number of hydrogen-bond acceptors (Lipinski definition) is 5. The zero-order valence-electron chi connectivity index (χ0n) is 11.3. The Kier molecular flexibility index (Phi) is 8.62. The van der Waals surface area contributed by atoms with Crippen LogP contribution in [0.4, 0.5) is 0 Å². The standard InChI is InChI=1S/C12H24N2O3/c1-10(2)13-6-5-7-14(8-11(3)15)9-12(16)17-4/h10,13H,5-9H2,1-4H3. The van der Waals surface area contributed by atoms with Crippen molar-refractivity contribution in [3.63, 3.8) is 0 Å². The molecular formula is C12H24N2O3. The third-order valence-corrected chi connectivity index (χ3v) is 2.23. The zero-order valence-corrected chi connectivity index (χ0v) is 11.3. The molecule has 5 nitrogen and oxygen atoms in total. The molecule has 0 spiro atoms. The van der Waals surface area contributed by atoms with Crippen LogP contribution in [0.2, 0.25) is 0 Å². The van der Waals surface area contributed by atoms with E-state index in [0.717, 1.165) is 13.0 Å². The van der Waals surface area contributed by atoms with Crippen molar-refractivity contribution in [2.24, 2.45) is 0 Å². The number of ketones is 1. The predicted octanol–water partition coefficient (Wildman–Crippen LogP) is 0.438. The van der Waals surface area contributed by atoms with Crippen LogP contribution < -0.4 is 5.32 Å². The highest BCUT2D eigenvalue weighted by Crippen LogP contribution is 1.94. The second-order valence-electron chi connectivity index (χ2n) is 4.45. The lowest BCUT2D eigenvalue weighted by molar-refractivity contribution is -0.142. The van der Waals surface area contributed by atoms with Crippen LogP contribution in [0.1, 0.15) is 27.2 Å². The van der Waals surface area contributed by atoms with Gasteiger partial charge in [0, 0.05) is 12.6 Å². The number of carbonyl (C=O) groups excluding carboxylic acids is 2. The second-order valence-corrected chi connectivity index (χ2v) is 4.45. The van der Waals surface area contributed by atoms with Crippen molar-refractivity contribution in [1.29, 1.82) is 0 Å². The minimum absolute atomic E-state index is 0.0609. The van der Waals surface area contributed by atoms with Gasteiger partial charge in [0.05, 0.1) is 20.2 Å². The summed E-state index contributed by atoms with van der Waals surface area (Å²) < 4.78 is 4.60. The first-order valence-electron chi connectivity index (χ1n) is 5.97. The summed E-state index contributed by atoms with van der Waals surface area (Å²) in [5, 5.41) is 3.29. The highest BCUT2D eigenvalue weighted by atomic mass is 16.5. The number of carbonyl (C=O) groups is 2. The Morgan fingerprint density at radius 1 is 1.29 bits per heavy atom. The summed E-state index contributed by atoms with van der Waals surface area (Å²) >= 11 is 0. The maximum absolute atomic E-state index is 11.2. The van der Waals surface area contributed by atoms with E-state index in [1.54, 1.807) is 0 Å². The van der Waals surface area contributed by atoms with Gasteiger partial charge in [0.15, 0.2) is 0 Å². The lowest BCUT2D eigenvalue weighted by Gasteiger charge is -2.19. The third-order valence-electron chi connectivity index (χ3n) is 2.23. The van der Waals surface area contributed by atoms with Crippen LogP contribution in [0.5, 0.6) is 0 Å². The zero-order chi connectivity index (χ0) is 13.3. The van der Waals surface area contributed by atoms with Gasteiger partial charge in [-0.15, -0.1) is 0 Å². The van der Waals surface area contributed by atoms with Crippen LogP contribution in [0.25, 0.3) is 0 Å². The lowest BCUT2D eigenvalue weighted by Crippen LogP contribution is -2.36. The Morgan fingerprint density at radius 3 is 2.41 bits per heavy atom. The van der Waals surface area contributed by atoms with Gasteiger partial charge in [0.1, 0.15) is 5.78 Å². The van der Waals surface area contributed by atoms with E-state index in [1.807, 2.05) is 4.90 Å². The minimum Gasteiger partial charge on any atom is -0.468 e. The first-order valence-corrected chi connectivity index (χ1v) is 5.97. The van der Waals surface area contributed by atoms with Gasteiger partial charge in [0.2, 0.25) is 0 Å². The van der Waals surface area contributed by atoms with Gasteiger partial charge >= 0.3 is 5.97 Å². The topological polar surface area (TPSA) is 58.6 Å². The fourth-order valence-corrected chi connectivity index (χ4v) is 1.47. The van der Waals surface area contributed by atoms with Crippen molar-refractivity contribution in [3.8, 4) is 0 Å². The number of methoxy groups -OCH3 is 1. The lowest BCUT2D eigenvalue weighted by atomic mass is 10.3. The summed E-state index contributed by atoms with van der Waals surface area (Å²) in [5.74, 6) is -0.242. The summed E-state index contributed by atoms with van der Waals surface area (Å²) in [6.07, 6.45) is 0.905. The van der Waals surface area contributed by atoms with Gasteiger partial charge < -0.3 is 10.1 Å². The molecule has 0 fully saturated rings. The Bertz CT molecular complexity index is 242. The number of rotatable bonds is 9. The number of hydrogen-bond donors (Lipinski definition) is 1. The minimum atomic E-state index is -0.303. The number of ether oxygens (including phenoxy) is 1. The third kappa shape index (κ3) is 9.96. The molecule has 0 saturated carbocycles. The molecule has 0 bridgehead atoms. The van der Waals surface area contributed by atoms with Crippen molar-refractivity contribution in [3.05, 3.63) is 0 Å². The Labute approximate surface area is 103 Å². The molecule has 0 aromatic carbocycles. The number of nitrogens with one attached hydrogen (secondary N) is 1. The smallest absolute Gasteiger partial charge is 0.319 e. The van der Waals surface area contributed by atoms with Crippen LogP contribution in [0, 0.1) is 0 Å². The van der Waals surface area contributed by atoms with E-state index in [0.29, 0.717) is 19.1 Å². The molecule has 0 amide bonds. The van der Waals surface area contributed by atoms with E-state index in [2.05, 4.69) is 23.9 Å². The molecule has 0 unspecified atom stereocenters. The van der Waals surface area contributed by atoms with Crippen molar-refractivity contribution in [2.45, 2.75) is 33.2 Å². The van der Waals surface area contributed by atoms with Crippen molar-refractivity contribution in [2.75, 3.05) is 33.3 Å². The van der Waals surface area contributed by atoms with Crippen molar-refractivity contribution < 1.29 is 14.3 Å². The highest BCUT2D eigenvalue weighted by molar-refractivity contribution is 5.78. The number of Topliss-reactive ketones (excluding diaryl/α,β-unsaturated/α-hetero) is 1. The maximum atomic E-state index is 11.2. The van der Waals surface area contributed by atoms with Gasteiger partial charge in [-0.05, 0) is 19.9 Å². The Balaban J connectivity index is 3.93. The summed E-state index contributed by atoms with van der Waals surface area (Å²) in [6, 6.07) is 0.455. The monoisotopic (exact) mass is 244 g/mol. The molecule has 5 heteroatoms. The molecule has 0 aromatic heterocycles. The fourth-order valence-electron chi connectivity index (χ4n) is 1.47. The SMILES string of the molecule is COC(=O)CN(CCCNC(C)C)CC(C)=O. The molecule has 0 aliphatic carbocycles. The average molecular weight is 244 g/mol. The van der Waals surface area contributed by atoms with Crippen LogP contribution in [0.3, 0.4) is 0 Å². The predicted molar refractivity (Wildman–Crippen MR) is 66.9 cm³/mol. The summed E-state index contributed by atoms with van der Waals surface area (Å²) in [7, 11) is 1.36. The van der Waals surface area contributed by atoms with Crippen molar-refractivity contribution in [1.82, 2.24) is 10.2 Å². The van der Waals surface area contributed by atoms with E-state index in [9.17, 15) is 9.59 Å². The largest absolute Gasteiger partial charge is 0.468 e. The molecular weight excluding hydrogens is 220 g/mol. The summed E-state index contributed by atoms with van der Waals surface area (Å²) in [4.78, 5) is 24.0. The molecule has 0 rings (SSSR count). The normalized spacial score (nSPS) is 10.9. The first kappa shape index (κ1) is 16.1.